The molecule has 0 bridgehead atoms. The number of hydrogen-bond acceptors (Lipinski definition) is 4. The fourth-order valence-corrected chi connectivity index (χ4v) is 2.20. The lowest BCUT2D eigenvalue weighted by molar-refractivity contribution is 0.756. The monoisotopic (exact) mass is 210 g/mol. The zero-order valence-corrected chi connectivity index (χ0v) is 9.27. The van der Waals surface area contributed by atoms with Crippen molar-refractivity contribution in [1.29, 1.82) is 0 Å². The quantitative estimate of drug-likeness (QED) is 0.766. The number of amidine groups is 1. The van der Waals surface area contributed by atoms with Crippen molar-refractivity contribution in [2.24, 2.45) is 12.0 Å². The molecule has 0 fully saturated rings. The third-order valence-electron chi connectivity index (χ3n) is 2.05. The van der Waals surface area contributed by atoms with Gasteiger partial charge in [0.05, 0.1) is 11.4 Å². The van der Waals surface area contributed by atoms with Crippen molar-refractivity contribution in [3.8, 4) is 0 Å². The van der Waals surface area contributed by atoms with Gasteiger partial charge in [-0.25, -0.2) is 0 Å². The number of rotatable bonds is 1. The predicted molar refractivity (Wildman–Crippen MR) is 60.9 cm³/mol. The van der Waals surface area contributed by atoms with Crippen LogP contribution < -0.4 is 5.32 Å². The number of anilines is 1. The van der Waals surface area contributed by atoms with Gasteiger partial charge in [0.25, 0.3) is 0 Å². The summed E-state index contributed by atoms with van der Waals surface area (Å²) >= 11 is 1.78. The molecule has 76 valence electrons. The first-order chi connectivity index (χ1) is 6.75. The van der Waals surface area contributed by atoms with E-state index < -0.39 is 0 Å². The second kappa shape index (κ2) is 4.04. The van der Waals surface area contributed by atoms with Gasteiger partial charge in [-0.2, -0.15) is 5.10 Å². The maximum absolute atomic E-state index is 4.41. The average Bonchev–Trinajstić information content (AvgIpc) is 2.47. The van der Waals surface area contributed by atoms with E-state index in [0.29, 0.717) is 0 Å². The first-order valence-corrected chi connectivity index (χ1v) is 5.69. The Bertz CT molecular complexity index is 356. The van der Waals surface area contributed by atoms with Gasteiger partial charge in [-0.3, -0.25) is 9.67 Å². The van der Waals surface area contributed by atoms with Crippen LogP contribution in [-0.2, 0) is 7.05 Å². The van der Waals surface area contributed by atoms with Gasteiger partial charge >= 0.3 is 0 Å². The lowest BCUT2D eigenvalue weighted by atomic mass is 10.4. The summed E-state index contributed by atoms with van der Waals surface area (Å²) in [6, 6.07) is 0. The largest absolute Gasteiger partial charge is 0.332 e. The summed E-state index contributed by atoms with van der Waals surface area (Å²) in [7, 11) is 1.92. The van der Waals surface area contributed by atoms with Gasteiger partial charge in [-0.1, -0.05) is 11.8 Å². The summed E-state index contributed by atoms with van der Waals surface area (Å²) in [5, 5.41) is 8.59. The van der Waals surface area contributed by atoms with Crippen LogP contribution in [0.5, 0.6) is 0 Å². The molecule has 1 aromatic heterocycles. The van der Waals surface area contributed by atoms with Crippen LogP contribution in [0.15, 0.2) is 11.2 Å². The zero-order chi connectivity index (χ0) is 9.97. The molecule has 1 aliphatic heterocycles. The second-order valence-corrected chi connectivity index (χ2v) is 4.40. The zero-order valence-electron chi connectivity index (χ0n) is 8.45. The van der Waals surface area contributed by atoms with Gasteiger partial charge < -0.3 is 5.32 Å². The molecule has 5 heteroatoms. The summed E-state index contributed by atoms with van der Waals surface area (Å²) < 4.78 is 1.81. The molecule has 2 rings (SSSR count). The number of nitrogens with zero attached hydrogens (tertiary/aromatic N) is 3. The molecule has 14 heavy (non-hydrogen) atoms. The Kier molecular flexibility index (Phi) is 2.77. The van der Waals surface area contributed by atoms with E-state index in [1.807, 2.05) is 24.9 Å². The minimum Gasteiger partial charge on any atom is -0.332 e. The Morgan fingerprint density at radius 3 is 3.00 bits per heavy atom. The molecule has 0 amide bonds. The van der Waals surface area contributed by atoms with Crippen molar-refractivity contribution in [1.82, 2.24) is 9.78 Å². The van der Waals surface area contributed by atoms with Crippen LogP contribution in [0.4, 0.5) is 5.69 Å². The topological polar surface area (TPSA) is 42.2 Å². The maximum atomic E-state index is 4.41. The minimum absolute atomic E-state index is 0.939. The molecular weight excluding hydrogens is 196 g/mol. The van der Waals surface area contributed by atoms with Crippen LogP contribution in [0, 0.1) is 6.92 Å². The smallest absolute Gasteiger partial charge is 0.161 e. The first kappa shape index (κ1) is 9.58. The lowest BCUT2D eigenvalue weighted by Gasteiger charge is -2.12. The Morgan fingerprint density at radius 2 is 2.43 bits per heavy atom. The molecule has 0 unspecified atom stereocenters. The van der Waals surface area contributed by atoms with Gasteiger partial charge in [0, 0.05) is 25.5 Å². The van der Waals surface area contributed by atoms with Crippen molar-refractivity contribution < 1.29 is 0 Å². The summed E-state index contributed by atoms with van der Waals surface area (Å²) in [4.78, 5) is 4.41. The van der Waals surface area contributed by atoms with E-state index in [0.717, 1.165) is 28.8 Å². The van der Waals surface area contributed by atoms with Crippen LogP contribution >= 0.6 is 11.8 Å². The molecular formula is C9H14N4S. The molecule has 1 aliphatic rings. The first-order valence-electron chi connectivity index (χ1n) is 4.70. The Hall–Kier alpha value is -0.970. The van der Waals surface area contributed by atoms with E-state index in [4.69, 9.17) is 0 Å². The third kappa shape index (κ3) is 2.09. The van der Waals surface area contributed by atoms with Gasteiger partial charge in [-0.05, 0) is 13.3 Å². The van der Waals surface area contributed by atoms with Crippen molar-refractivity contribution in [2.75, 3.05) is 17.6 Å². The highest BCUT2D eigenvalue weighted by Crippen LogP contribution is 2.17. The summed E-state index contributed by atoms with van der Waals surface area (Å²) in [5.74, 6) is 1.16. The van der Waals surface area contributed by atoms with Crippen LogP contribution in [0.25, 0.3) is 0 Å². The number of hydrogen-bond donors (Lipinski definition) is 1. The van der Waals surface area contributed by atoms with E-state index in [-0.39, 0.29) is 0 Å². The average molecular weight is 210 g/mol. The van der Waals surface area contributed by atoms with Crippen LogP contribution in [0.3, 0.4) is 0 Å². The van der Waals surface area contributed by atoms with Crippen molar-refractivity contribution >= 4 is 22.6 Å². The minimum atomic E-state index is 0.939. The van der Waals surface area contributed by atoms with E-state index in [9.17, 15) is 0 Å². The molecule has 0 atom stereocenters. The van der Waals surface area contributed by atoms with Crippen LogP contribution in [0.1, 0.15) is 12.1 Å². The number of thioether (sulfide) groups is 1. The van der Waals surface area contributed by atoms with Crippen LogP contribution in [-0.4, -0.2) is 27.2 Å². The molecule has 0 saturated heterocycles. The van der Waals surface area contributed by atoms with Gasteiger partial charge in [0.1, 0.15) is 0 Å². The van der Waals surface area contributed by atoms with Crippen molar-refractivity contribution in [3.63, 3.8) is 0 Å². The Balaban J connectivity index is 2.09. The van der Waals surface area contributed by atoms with E-state index in [1.54, 1.807) is 11.8 Å². The normalized spacial score (nSPS) is 16.6. The highest BCUT2D eigenvalue weighted by atomic mass is 32.2. The lowest BCUT2D eigenvalue weighted by Crippen LogP contribution is -2.13. The molecule has 0 saturated carbocycles. The molecule has 4 nitrogen and oxygen atoms in total. The molecule has 1 aromatic rings. The van der Waals surface area contributed by atoms with E-state index >= 15 is 0 Å². The molecule has 0 aliphatic carbocycles. The number of aryl methyl sites for hydroxylation is 2. The molecule has 0 aromatic carbocycles. The standard InChI is InChI=1S/C9H14N4S/c1-7-8(6-13(2)12-7)11-9-10-4-3-5-14-9/h6H,3-5H2,1-2H3,(H,10,11). The van der Waals surface area contributed by atoms with Crippen molar-refractivity contribution in [2.45, 2.75) is 13.3 Å². The van der Waals surface area contributed by atoms with Gasteiger partial charge in [0.2, 0.25) is 0 Å². The Labute approximate surface area is 87.8 Å². The summed E-state index contributed by atoms with van der Waals surface area (Å²) in [6.07, 6.45) is 3.16. The molecule has 0 spiro atoms. The van der Waals surface area contributed by atoms with Crippen molar-refractivity contribution in [3.05, 3.63) is 11.9 Å². The third-order valence-corrected chi connectivity index (χ3v) is 3.05. The predicted octanol–water partition coefficient (Wildman–Crippen LogP) is 1.63. The fraction of sp³-hybridized carbons (Fsp3) is 0.556. The fourth-order valence-electron chi connectivity index (χ4n) is 1.37. The summed E-state index contributed by atoms with van der Waals surface area (Å²) in [6.45, 7) is 2.94. The Morgan fingerprint density at radius 1 is 1.57 bits per heavy atom. The second-order valence-electron chi connectivity index (χ2n) is 3.32. The maximum Gasteiger partial charge on any atom is 0.161 e. The summed E-state index contributed by atoms with van der Waals surface area (Å²) in [5.41, 5.74) is 2.07. The molecule has 1 N–H and O–H groups in total. The highest BCUT2D eigenvalue weighted by Gasteiger charge is 2.08. The number of aromatic nitrogens is 2. The van der Waals surface area contributed by atoms with E-state index in [1.165, 1.54) is 6.42 Å². The number of nitrogens with one attached hydrogen (secondary N) is 1. The van der Waals surface area contributed by atoms with Gasteiger partial charge in [-0.15, -0.1) is 0 Å². The van der Waals surface area contributed by atoms with Gasteiger partial charge in [0.15, 0.2) is 5.17 Å². The molecule has 2 heterocycles. The highest BCUT2D eigenvalue weighted by molar-refractivity contribution is 8.14. The number of aliphatic imine (C=N–C) groups is 1. The SMILES string of the molecule is Cc1nn(C)cc1NC1=NCCCS1. The van der Waals surface area contributed by atoms with E-state index in [2.05, 4.69) is 15.4 Å². The van der Waals surface area contributed by atoms with Crippen LogP contribution in [0.2, 0.25) is 0 Å². The molecule has 0 radical (unpaired) electrons.